The Balaban J connectivity index is 1.58. The summed E-state index contributed by atoms with van der Waals surface area (Å²) in [6.07, 6.45) is 8.49. The highest BCUT2D eigenvalue weighted by Gasteiger charge is 2.28. The van der Waals surface area contributed by atoms with Gasteiger partial charge in [-0.1, -0.05) is 25.3 Å². The predicted octanol–water partition coefficient (Wildman–Crippen LogP) is 3.36. The van der Waals surface area contributed by atoms with Crippen molar-refractivity contribution in [3.8, 4) is 0 Å². The standard InChI is InChI=1S/C20H26N4O3S/c1-24(18-7-3-2-4-8-18)28(26,27)19-11-9-17(10-12-19)23-20(25)22-15-16-6-5-13-21-14-16/h5-6,9-14,18H,2-4,7-8,15H2,1H3,(H2,22,23,25). The number of urea groups is 1. The monoisotopic (exact) mass is 402 g/mol. The molecule has 150 valence electrons. The molecular weight excluding hydrogens is 376 g/mol. The lowest BCUT2D eigenvalue weighted by molar-refractivity contribution is 0.251. The minimum absolute atomic E-state index is 0.0646. The number of nitrogens with one attached hydrogen (secondary N) is 2. The molecular formula is C20H26N4O3S. The van der Waals surface area contributed by atoms with E-state index in [1.165, 1.54) is 22.9 Å². The summed E-state index contributed by atoms with van der Waals surface area (Å²) in [5.41, 5.74) is 1.42. The van der Waals surface area contributed by atoms with Gasteiger partial charge in [-0.3, -0.25) is 4.98 Å². The summed E-state index contributed by atoms with van der Waals surface area (Å²) < 4.78 is 27.2. The predicted molar refractivity (Wildman–Crippen MR) is 108 cm³/mol. The fourth-order valence-electron chi connectivity index (χ4n) is 3.38. The molecule has 1 aliphatic carbocycles. The first-order valence-corrected chi connectivity index (χ1v) is 10.9. The Labute approximate surface area is 166 Å². The van der Waals surface area contributed by atoms with Gasteiger partial charge < -0.3 is 10.6 Å². The van der Waals surface area contributed by atoms with Crippen molar-refractivity contribution in [2.45, 2.75) is 49.6 Å². The number of pyridine rings is 1. The molecule has 0 bridgehead atoms. The number of anilines is 1. The van der Waals surface area contributed by atoms with E-state index in [1.54, 1.807) is 37.6 Å². The molecule has 0 aliphatic heterocycles. The normalized spacial score (nSPS) is 15.4. The van der Waals surface area contributed by atoms with E-state index in [9.17, 15) is 13.2 Å². The van der Waals surface area contributed by atoms with Gasteiger partial charge in [-0.05, 0) is 48.7 Å². The molecule has 3 rings (SSSR count). The molecule has 1 heterocycles. The first-order chi connectivity index (χ1) is 13.5. The third kappa shape index (κ3) is 5.08. The summed E-state index contributed by atoms with van der Waals surface area (Å²) in [4.78, 5) is 16.2. The van der Waals surface area contributed by atoms with Crippen LogP contribution < -0.4 is 10.6 Å². The second kappa shape index (κ2) is 9.16. The van der Waals surface area contributed by atoms with Gasteiger partial charge in [0.25, 0.3) is 0 Å². The van der Waals surface area contributed by atoms with Crippen LogP contribution in [0.4, 0.5) is 10.5 Å². The molecule has 0 saturated heterocycles. The van der Waals surface area contributed by atoms with Gasteiger partial charge in [0.15, 0.2) is 0 Å². The van der Waals surface area contributed by atoms with Gasteiger partial charge in [-0.25, -0.2) is 13.2 Å². The number of rotatable bonds is 6. The Morgan fingerprint density at radius 3 is 2.50 bits per heavy atom. The van der Waals surface area contributed by atoms with Crippen LogP contribution in [0.15, 0.2) is 53.7 Å². The molecule has 0 unspecified atom stereocenters. The Morgan fingerprint density at radius 1 is 1.14 bits per heavy atom. The maximum atomic E-state index is 12.8. The number of benzene rings is 1. The van der Waals surface area contributed by atoms with Crippen LogP contribution in [0.2, 0.25) is 0 Å². The molecule has 7 nitrogen and oxygen atoms in total. The summed E-state index contributed by atoms with van der Waals surface area (Å²) >= 11 is 0. The van der Waals surface area contributed by atoms with Gasteiger partial charge >= 0.3 is 6.03 Å². The Kier molecular flexibility index (Phi) is 6.64. The average molecular weight is 403 g/mol. The fourth-order valence-corrected chi connectivity index (χ4v) is 4.79. The van der Waals surface area contributed by atoms with Gasteiger partial charge in [-0.15, -0.1) is 0 Å². The molecule has 1 aromatic carbocycles. The molecule has 1 aromatic heterocycles. The minimum atomic E-state index is -3.53. The lowest BCUT2D eigenvalue weighted by Crippen LogP contribution is -2.38. The quantitative estimate of drug-likeness (QED) is 0.775. The van der Waals surface area contributed by atoms with Crippen LogP contribution in [0.1, 0.15) is 37.7 Å². The number of sulfonamides is 1. The van der Waals surface area contributed by atoms with E-state index in [1.807, 2.05) is 6.07 Å². The van der Waals surface area contributed by atoms with Gasteiger partial charge in [-0.2, -0.15) is 4.31 Å². The lowest BCUT2D eigenvalue weighted by Gasteiger charge is -2.30. The first kappa shape index (κ1) is 20.3. The number of aromatic nitrogens is 1. The molecule has 1 fully saturated rings. The highest BCUT2D eigenvalue weighted by atomic mass is 32.2. The second-order valence-electron chi connectivity index (χ2n) is 7.01. The third-order valence-electron chi connectivity index (χ3n) is 5.05. The van der Waals surface area contributed by atoms with Crippen molar-refractivity contribution >= 4 is 21.7 Å². The van der Waals surface area contributed by atoms with Crippen LogP contribution in [-0.2, 0) is 16.6 Å². The number of carbonyl (C=O) groups is 1. The highest BCUT2D eigenvalue weighted by molar-refractivity contribution is 7.89. The van der Waals surface area contributed by atoms with Crippen molar-refractivity contribution in [3.63, 3.8) is 0 Å². The molecule has 2 aromatic rings. The molecule has 0 atom stereocenters. The molecule has 1 saturated carbocycles. The zero-order valence-electron chi connectivity index (χ0n) is 16.0. The maximum absolute atomic E-state index is 12.8. The second-order valence-corrected chi connectivity index (χ2v) is 9.00. The zero-order chi connectivity index (χ0) is 20.0. The zero-order valence-corrected chi connectivity index (χ0v) is 16.8. The smallest absolute Gasteiger partial charge is 0.319 e. The van der Waals surface area contributed by atoms with E-state index in [0.717, 1.165) is 31.2 Å². The van der Waals surface area contributed by atoms with E-state index in [2.05, 4.69) is 15.6 Å². The van der Waals surface area contributed by atoms with Crippen LogP contribution >= 0.6 is 0 Å². The topological polar surface area (TPSA) is 91.4 Å². The minimum Gasteiger partial charge on any atom is -0.334 e. The van der Waals surface area contributed by atoms with E-state index in [0.29, 0.717) is 12.2 Å². The summed E-state index contributed by atoms with van der Waals surface area (Å²) in [5.74, 6) is 0. The molecule has 0 radical (unpaired) electrons. The Morgan fingerprint density at radius 2 is 1.86 bits per heavy atom. The lowest BCUT2D eigenvalue weighted by atomic mass is 9.96. The summed E-state index contributed by atoms with van der Waals surface area (Å²) in [6, 6.07) is 9.65. The highest BCUT2D eigenvalue weighted by Crippen LogP contribution is 2.26. The number of hydrogen-bond donors (Lipinski definition) is 2. The van der Waals surface area contributed by atoms with Crippen LogP contribution in [0.5, 0.6) is 0 Å². The summed E-state index contributed by atoms with van der Waals surface area (Å²) in [7, 11) is -1.88. The van der Waals surface area contributed by atoms with Crippen molar-refractivity contribution in [1.29, 1.82) is 0 Å². The van der Waals surface area contributed by atoms with E-state index in [4.69, 9.17) is 0 Å². The number of nitrogens with zero attached hydrogens (tertiary/aromatic N) is 2. The summed E-state index contributed by atoms with van der Waals surface area (Å²) in [6.45, 7) is 0.359. The molecule has 0 spiro atoms. The van der Waals surface area contributed by atoms with Crippen molar-refractivity contribution in [2.24, 2.45) is 0 Å². The van der Waals surface area contributed by atoms with Gasteiger partial charge in [0.1, 0.15) is 0 Å². The Hall–Kier alpha value is -2.45. The number of hydrogen-bond acceptors (Lipinski definition) is 4. The first-order valence-electron chi connectivity index (χ1n) is 9.48. The van der Waals surface area contributed by atoms with Crippen molar-refractivity contribution in [1.82, 2.24) is 14.6 Å². The fraction of sp³-hybridized carbons (Fsp3) is 0.400. The van der Waals surface area contributed by atoms with E-state index in [-0.39, 0.29) is 17.0 Å². The molecule has 8 heteroatoms. The largest absolute Gasteiger partial charge is 0.334 e. The number of carbonyl (C=O) groups excluding carboxylic acids is 1. The average Bonchev–Trinajstić information content (AvgIpc) is 2.73. The van der Waals surface area contributed by atoms with Crippen LogP contribution in [0.25, 0.3) is 0 Å². The summed E-state index contributed by atoms with van der Waals surface area (Å²) in [5, 5.41) is 5.44. The van der Waals surface area contributed by atoms with Gasteiger partial charge in [0, 0.05) is 37.7 Å². The van der Waals surface area contributed by atoms with Gasteiger partial charge in [0.2, 0.25) is 10.0 Å². The van der Waals surface area contributed by atoms with Crippen LogP contribution in [0, 0.1) is 0 Å². The van der Waals surface area contributed by atoms with Gasteiger partial charge in [0.05, 0.1) is 4.90 Å². The van der Waals surface area contributed by atoms with E-state index >= 15 is 0 Å². The maximum Gasteiger partial charge on any atom is 0.319 e. The molecule has 2 N–H and O–H groups in total. The van der Waals surface area contributed by atoms with Crippen LogP contribution in [-0.4, -0.2) is 36.8 Å². The molecule has 1 aliphatic rings. The van der Waals surface area contributed by atoms with Crippen molar-refractivity contribution in [3.05, 3.63) is 54.4 Å². The van der Waals surface area contributed by atoms with Crippen molar-refractivity contribution in [2.75, 3.05) is 12.4 Å². The van der Waals surface area contributed by atoms with Crippen molar-refractivity contribution < 1.29 is 13.2 Å². The number of amides is 2. The van der Waals surface area contributed by atoms with E-state index < -0.39 is 10.0 Å². The Bertz CT molecular complexity index is 879. The third-order valence-corrected chi connectivity index (χ3v) is 6.98. The van der Waals surface area contributed by atoms with Crippen LogP contribution in [0.3, 0.4) is 0 Å². The molecule has 2 amide bonds. The SMILES string of the molecule is CN(C1CCCCC1)S(=O)(=O)c1ccc(NC(=O)NCc2cccnc2)cc1. The molecule has 28 heavy (non-hydrogen) atoms.